The van der Waals surface area contributed by atoms with Gasteiger partial charge in [-0.15, -0.1) is 0 Å². The number of fused-ring (bicyclic) bond motifs is 7. The molecule has 0 bridgehead atoms. The van der Waals surface area contributed by atoms with Crippen LogP contribution in [-0.2, 0) is 0 Å². The molecule has 4 nitrogen and oxygen atoms in total. The maximum atomic E-state index is 6.71. The van der Waals surface area contributed by atoms with E-state index < -0.39 is 0 Å². The standard InChI is InChI=1S/C45H31N3O/c1-2-12-31(13-3-1)43-46-44(34-25-23-30-22-21-29-11-6-7-15-35(29)39(30)27-34)48-45(47-43)38-18-9-19-40-41(38)37-17-8-16-36(42(37)49-40)33-24-20-28-10-4-5-14-32(28)26-33/h1-27,43,45,47H,(H,46,48). The third kappa shape index (κ3) is 4.68. The van der Waals surface area contributed by atoms with Crippen molar-refractivity contribution in [2.24, 2.45) is 4.99 Å². The summed E-state index contributed by atoms with van der Waals surface area (Å²) in [5.74, 6) is 0.856. The molecule has 0 fully saturated rings. The van der Waals surface area contributed by atoms with E-state index in [1.165, 1.54) is 32.3 Å². The molecule has 9 aromatic rings. The molecule has 2 atom stereocenters. The van der Waals surface area contributed by atoms with Gasteiger partial charge in [-0.3, -0.25) is 5.32 Å². The first-order valence-corrected chi connectivity index (χ1v) is 16.8. The predicted molar refractivity (Wildman–Crippen MR) is 203 cm³/mol. The molecule has 1 aliphatic heterocycles. The van der Waals surface area contributed by atoms with E-state index in [2.05, 4.69) is 168 Å². The van der Waals surface area contributed by atoms with E-state index in [0.29, 0.717) is 0 Å². The number of nitrogens with one attached hydrogen (secondary N) is 2. The van der Waals surface area contributed by atoms with E-state index in [1.54, 1.807) is 0 Å². The molecule has 2 N–H and O–H groups in total. The molecular formula is C45H31N3O. The molecule has 2 unspecified atom stereocenters. The minimum atomic E-state index is -0.243. The lowest BCUT2D eigenvalue weighted by atomic mass is 9.97. The van der Waals surface area contributed by atoms with E-state index in [4.69, 9.17) is 9.41 Å². The second-order valence-electron chi connectivity index (χ2n) is 12.8. The van der Waals surface area contributed by atoms with Crippen molar-refractivity contribution in [1.29, 1.82) is 0 Å². The SMILES string of the molecule is c1ccc(C2N=C(c3ccc4ccc5ccccc5c4c3)NC(c3cccc4oc5c(-c6ccc7ccccc7c6)cccc5c34)N2)cc1. The van der Waals surface area contributed by atoms with Crippen LogP contribution < -0.4 is 10.6 Å². The Morgan fingerprint density at radius 2 is 1.20 bits per heavy atom. The van der Waals surface area contributed by atoms with Crippen molar-refractivity contribution in [2.75, 3.05) is 0 Å². The summed E-state index contributed by atoms with van der Waals surface area (Å²) < 4.78 is 6.71. The largest absolute Gasteiger partial charge is 0.455 e. The highest BCUT2D eigenvalue weighted by Gasteiger charge is 2.28. The quantitative estimate of drug-likeness (QED) is 0.190. The molecule has 10 rings (SSSR count). The van der Waals surface area contributed by atoms with Crippen LogP contribution in [0.4, 0.5) is 0 Å². The normalized spacial score (nSPS) is 16.4. The van der Waals surface area contributed by atoms with E-state index in [-0.39, 0.29) is 12.3 Å². The highest BCUT2D eigenvalue weighted by atomic mass is 16.3. The Hall–Kier alpha value is -6.23. The minimum Gasteiger partial charge on any atom is -0.455 e. The average molecular weight is 630 g/mol. The Balaban J connectivity index is 1.12. The zero-order valence-electron chi connectivity index (χ0n) is 26.6. The van der Waals surface area contributed by atoms with Gasteiger partial charge in [-0.05, 0) is 61.6 Å². The Kier molecular flexibility index (Phi) is 6.36. The summed E-state index contributed by atoms with van der Waals surface area (Å²) in [7, 11) is 0. The van der Waals surface area contributed by atoms with Crippen molar-refractivity contribution in [3.63, 3.8) is 0 Å². The van der Waals surface area contributed by atoms with Crippen molar-refractivity contribution in [1.82, 2.24) is 10.6 Å². The number of hydrogen-bond donors (Lipinski definition) is 2. The molecule has 0 saturated carbocycles. The van der Waals surface area contributed by atoms with Gasteiger partial charge in [-0.1, -0.05) is 146 Å². The molecule has 0 spiro atoms. The number of amidine groups is 1. The van der Waals surface area contributed by atoms with Crippen LogP contribution in [0.1, 0.15) is 29.0 Å². The van der Waals surface area contributed by atoms with Crippen LogP contribution >= 0.6 is 0 Å². The number of benzene rings is 8. The highest BCUT2D eigenvalue weighted by Crippen LogP contribution is 2.40. The van der Waals surface area contributed by atoms with E-state index in [1.807, 2.05) is 6.07 Å². The second kappa shape index (κ2) is 11.2. The van der Waals surface area contributed by atoms with Crippen LogP contribution in [0.3, 0.4) is 0 Å². The van der Waals surface area contributed by atoms with Crippen LogP contribution in [0.5, 0.6) is 0 Å². The topological polar surface area (TPSA) is 49.6 Å². The third-order valence-electron chi connectivity index (χ3n) is 9.93. The molecule has 0 amide bonds. The lowest BCUT2D eigenvalue weighted by molar-refractivity contribution is 0.411. The van der Waals surface area contributed by atoms with Crippen molar-refractivity contribution in [2.45, 2.75) is 12.3 Å². The Labute approximate surface area is 283 Å². The lowest BCUT2D eigenvalue weighted by Gasteiger charge is -2.32. The summed E-state index contributed by atoms with van der Waals surface area (Å²) in [6.45, 7) is 0. The number of rotatable bonds is 4. The molecule has 2 heterocycles. The molecule has 1 aromatic heterocycles. The summed E-state index contributed by atoms with van der Waals surface area (Å²) in [5, 5.41) is 17.2. The number of aliphatic imine (C=N–C) groups is 1. The minimum absolute atomic E-state index is 0.227. The van der Waals surface area contributed by atoms with Crippen molar-refractivity contribution in [3.05, 3.63) is 180 Å². The average Bonchev–Trinajstić information content (AvgIpc) is 3.57. The fourth-order valence-electron chi connectivity index (χ4n) is 7.52. The van der Waals surface area contributed by atoms with Crippen molar-refractivity contribution >= 4 is 60.1 Å². The third-order valence-corrected chi connectivity index (χ3v) is 9.93. The molecule has 4 heteroatoms. The van der Waals surface area contributed by atoms with Gasteiger partial charge in [0.05, 0.1) is 0 Å². The van der Waals surface area contributed by atoms with Crippen LogP contribution in [0, 0.1) is 0 Å². The van der Waals surface area contributed by atoms with E-state index in [9.17, 15) is 0 Å². The van der Waals surface area contributed by atoms with Crippen LogP contribution in [0.25, 0.3) is 65.4 Å². The van der Waals surface area contributed by atoms with Crippen molar-refractivity contribution < 1.29 is 4.42 Å². The van der Waals surface area contributed by atoms with Gasteiger partial charge < -0.3 is 9.73 Å². The summed E-state index contributed by atoms with van der Waals surface area (Å²) >= 11 is 0. The van der Waals surface area contributed by atoms with Gasteiger partial charge >= 0.3 is 0 Å². The first-order valence-electron chi connectivity index (χ1n) is 16.8. The van der Waals surface area contributed by atoms with Crippen LogP contribution in [-0.4, -0.2) is 5.84 Å². The molecule has 49 heavy (non-hydrogen) atoms. The van der Waals surface area contributed by atoms with Crippen molar-refractivity contribution in [3.8, 4) is 11.1 Å². The number of para-hydroxylation sites is 1. The Bertz CT molecular complexity index is 2740. The zero-order chi connectivity index (χ0) is 32.3. The molecule has 0 saturated heterocycles. The van der Waals surface area contributed by atoms with Crippen LogP contribution in [0.15, 0.2) is 173 Å². The maximum Gasteiger partial charge on any atom is 0.143 e. The molecular weight excluding hydrogens is 599 g/mol. The van der Waals surface area contributed by atoms with Gasteiger partial charge in [-0.2, -0.15) is 0 Å². The van der Waals surface area contributed by atoms with Gasteiger partial charge in [-0.25, -0.2) is 4.99 Å². The highest BCUT2D eigenvalue weighted by molar-refractivity contribution is 6.13. The molecule has 1 aliphatic rings. The summed E-state index contributed by atoms with van der Waals surface area (Å²) in [5.41, 5.74) is 7.27. The molecule has 0 aliphatic carbocycles. The molecule has 232 valence electrons. The van der Waals surface area contributed by atoms with Gasteiger partial charge in [0.15, 0.2) is 0 Å². The van der Waals surface area contributed by atoms with E-state index >= 15 is 0 Å². The summed E-state index contributed by atoms with van der Waals surface area (Å²) in [4.78, 5) is 5.26. The number of hydrogen-bond acceptors (Lipinski definition) is 4. The summed E-state index contributed by atoms with van der Waals surface area (Å²) in [6, 6.07) is 58.0. The van der Waals surface area contributed by atoms with Gasteiger partial charge in [0.1, 0.15) is 29.3 Å². The second-order valence-corrected chi connectivity index (χ2v) is 12.8. The van der Waals surface area contributed by atoms with Gasteiger partial charge in [0.2, 0.25) is 0 Å². The predicted octanol–water partition coefficient (Wildman–Crippen LogP) is 11.0. The number of nitrogens with zero attached hydrogens (tertiary/aromatic N) is 1. The molecule has 0 radical (unpaired) electrons. The van der Waals surface area contributed by atoms with Gasteiger partial charge in [0, 0.05) is 27.5 Å². The first kappa shape index (κ1) is 27.8. The first-order chi connectivity index (χ1) is 24.3. The zero-order valence-corrected chi connectivity index (χ0v) is 26.6. The molecule has 8 aromatic carbocycles. The number of furan rings is 1. The Morgan fingerprint density at radius 3 is 2.10 bits per heavy atom. The fraction of sp³-hybridized carbons (Fsp3) is 0.0444. The fourth-order valence-corrected chi connectivity index (χ4v) is 7.52. The summed E-state index contributed by atoms with van der Waals surface area (Å²) in [6.07, 6.45) is -0.470. The smallest absolute Gasteiger partial charge is 0.143 e. The monoisotopic (exact) mass is 629 g/mol. The maximum absolute atomic E-state index is 6.71. The Morgan fingerprint density at radius 1 is 0.510 bits per heavy atom. The van der Waals surface area contributed by atoms with Crippen LogP contribution in [0.2, 0.25) is 0 Å². The van der Waals surface area contributed by atoms with Gasteiger partial charge in [0.25, 0.3) is 0 Å². The van der Waals surface area contributed by atoms with E-state index in [0.717, 1.165) is 55.6 Å². The lowest BCUT2D eigenvalue weighted by Crippen LogP contribution is -2.45.